The van der Waals surface area contributed by atoms with Gasteiger partial charge >= 0.3 is 0 Å². The Morgan fingerprint density at radius 2 is 2.06 bits per heavy atom. The molecule has 0 aliphatic carbocycles. The van der Waals surface area contributed by atoms with Gasteiger partial charge < -0.3 is 10.7 Å². The van der Waals surface area contributed by atoms with Gasteiger partial charge in [0.2, 0.25) is 0 Å². The van der Waals surface area contributed by atoms with E-state index in [-0.39, 0.29) is 11.6 Å². The zero-order valence-electron chi connectivity index (χ0n) is 8.76. The average Bonchev–Trinajstić information content (AvgIpc) is 2.30. The summed E-state index contributed by atoms with van der Waals surface area (Å²) >= 11 is 0. The Morgan fingerprint density at radius 3 is 2.75 bits per heavy atom. The van der Waals surface area contributed by atoms with Crippen LogP contribution in [0.25, 0.3) is 0 Å². The second-order valence-electron chi connectivity index (χ2n) is 3.63. The molecule has 1 heterocycles. The summed E-state index contributed by atoms with van der Waals surface area (Å²) in [5, 5.41) is 0. The molecule has 0 amide bonds. The Balaban J connectivity index is 2.15. The van der Waals surface area contributed by atoms with E-state index in [9.17, 15) is 4.79 Å². The molecule has 0 aliphatic rings. The second-order valence-corrected chi connectivity index (χ2v) is 3.63. The van der Waals surface area contributed by atoms with Crippen molar-refractivity contribution in [1.82, 2.24) is 9.97 Å². The van der Waals surface area contributed by atoms with Crippen molar-refractivity contribution in [2.24, 2.45) is 5.73 Å². The van der Waals surface area contributed by atoms with E-state index in [2.05, 4.69) is 9.97 Å². The van der Waals surface area contributed by atoms with Crippen LogP contribution in [0.3, 0.4) is 0 Å². The van der Waals surface area contributed by atoms with Gasteiger partial charge in [0.1, 0.15) is 0 Å². The molecule has 3 N–H and O–H groups in total. The summed E-state index contributed by atoms with van der Waals surface area (Å²) in [6, 6.07) is 11.1. The Morgan fingerprint density at radius 1 is 1.31 bits per heavy atom. The number of hydrogen-bond donors (Lipinski definition) is 2. The maximum atomic E-state index is 11.1. The summed E-state index contributed by atoms with van der Waals surface area (Å²) in [4.78, 5) is 17.6. The Hall–Kier alpha value is -1.94. The Kier molecular flexibility index (Phi) is 3.12. The Bertz CT molecular complexity index is 507. The molecule has 1 atom stereocenters. The maximum absolute atomic E-state index is 11.1. The summed E-state index contributed by atoms with van der Waals surface area (Å²) in [5.41, 5.74) is 7.56. The summed E-state index contributed by atoms with van der Waals surface area (Å²) in [6.45, 7) is 0. The number of nitrogens with two attached hydrogens (primary N) is 1. The van der Waals surface area contributed by atoms with Gasteiger partial charge in [-0.2, -0.15) is 0 Å². The molecule has 0 radical (unpaired) electrons. The third-order valence-electron chi connectivity index (χ3n) is 2.38. The zero-order valence-corrected chi connectivity index (χ0v) is 8.76. The molecule has 0 bridgehead atoms. The highest BCUT2D eigenvalue weighted by Crippen LogP contribution is 2.11. The zero-order chi connectivity index (χ0) is 11.4. The van der Waals surface area contributed by atoms with E-state index >= 15 is 0 Å². The van der Waals surface area contributed by atoms with Crippen LogP contribution in [0.1, 0.15) is 17.3 Å². The number of aromatic amines is 1. The standard InChI is InChI=1S/C12H13N3O/c13-10(6-9-4-2-1-3-5-9)11-7-12(16)15-8-14-11/h1-5,7-8,10H,6,13H2,(H,14,15,16). The van der Waals surface area contributed by atoms with Crippen LogP contribution in [0, 0.1) is 0 Å². The first kappa shape index (κ1) is 10.6. The number of aromatic nitrogens is 2. The van der Waals surface area contributed by atoms with E-state index in [1.807, 2.05) is 30.3 Å². The fourth-order valence-electron chi connectivity index (χ4n) is 1.56. The molecule has 16 heavy (non-hydrogen) atoms. The molecule has 2 rings (SSSR count). The lowest BCUT2D eigenvalue weighted by atomic mass is 10.0. The van der Waals surface area contributed by atoms with E-state index in [0.29, 0.717) is 12.1 Å². The number of H-pyrrole nitrogens is 1. The van der Waals surface area contributed by atoms with Crippen LogP contribution in [0.4, 0.5) is 0 Å². The molecule has 82 valence electrons. The van der Waals surface area contributed by atoms with Crippen LogP contribution in [0.5, 0.6) is 0 Å². The highest BCUT2D eigenvalue weighted by Gasteiger charge is 2.08. The van der Waals surface area contributed by atoms with Gasteiger partial charge in [0, 0.05) is 6.07 Å². The fourth-order valence-corrected chi connectivity index (χ4v) is 1.56. The molecule has 0 saturated heterocycles. The molecule has 0 fully saturated rings. The summed E-state index contributed by atoms with van der Waals surface area (Å²) in [5.74, 6) is 0. The summed E-state index contributed by atoms with van der Waals surface area (Å²) in [6.07, 6.45) is 2.06. The minimum absolute atomic E-state index is 0.173. The summed E-state index contributed by atoms with van der Waals surface area (Å²) < 4.78 is 0. The van der Waals surface area contributed by atoms with Gasteiger partial charge in [0.25, 0.3) is 5.56 Å². The van der Waals surface area contributed by atoms with Crippen molar-refractivity contribution >= 4 is 0 Å². The van der Waals surface area contributed by atoms with E-state index < -0.39 is 0 Å². The monoisotopic (exact) mass is 215 g/mol. The molecule has 0 spiro atoms. The largest absolute Gasteiger partial charge is 0.322 e. The van der Waals surface area contributed by atoms with Crippen LogP contribution in [-0.2, 0) is 6.42 Å². The van der Waals surface area contributed by atoms with Crippen LogP contribution < -0.4 is 11.3 Å². The first-order chi connectivity index (χ1) is 7.75. The molecule has 1 unspecified atom stereocenters. The molecular weight excluding hydrogens is 202 g/mol. The van der Waals surface area contributed by atoms with Gasteiger partial charge in [-0.25, -0.2) is 4.98 Å². The Labute approximate surface area is 93.2 Å². The predicted octanol–water partition coefficient (Wildman–Crippen LogP) is 1.01. The van der Waals surface area contributed by atoms with Crippen molar-refractivity contribution in [3.63, 3.8) is 0 Å². The lowest BCUT2D eigenvalue weighted by Crippen LogP contribution is -2.18. The smallest absolute Gasteiger partial charge is 0.250 e. The molecule has 0 aliphatic heterocycles. The molecule has 4 heteroatoms. The normalized spacial score (nSPS) is 12.3. The van der Waals surface area contributed by atoms with Crippen LogP contribution in [0.2, 0.25) is 0 Å². The average molecular weight is 215 g/mol. The van der Waals surface area contributed by atoms with Crippen LogP contribution in [-0.4, -0.2) is 9.97 Å². The van der Waals surface area contributed by atoms with Gasteiger partial charge in [0.05, 0.1) is 18.1 Å². The van der Waals surface area contributed by atoms with Gasteiger partial charge in [-0.3, -0.25) is 4.79 Å². The molecular formula is C12H13N3O. The quantitative estimate of drug-likeness (QED) is 0.802. The fraction of sp³-hybridized carbons (Fsp3) is 0.167. The van der Waals surface area contributed by atoms with Crippen molar-refractivity contribution in [2.45, 2.75) is 12.5 Å². The van der Waals surface area contributed by atoms with Crippen molar-refractivity contribution in [1.29, 1.82) is 0 Å². The molecule has 2 aromatic rings. The van der Waals surface area contributed by atoms with Gasteiger partial charge in [-0.1, -0.05) is 30.3 Å². The van der Waals surface area contributed by atoms with E-state index in [1.54, 1.807) is 0 Å². The first-order valence-corrected chi connectivity index (χ1v) is 5.10. The number of hydrogen-bond acceptors (Lipinski definition) is 3. The minimum Gasteiger partial charge on any atom is -0.322 e. The van der Waals surface area contributed by atoms with Crippen molar-refractivity contribution in [3.8, 4) is 0 Å². The highest BCUT2D eigenvalue weighted by molar-refractivity contribution is 5.18. The van der Waals surface area contributed by atoms with E-state index in [4.69, 9.17) is 5.73 Å². The first-order valence-electron chi connectivity index (χ1n) is 5.10. The van der Waals surface area contributed by atoms with Gasteiger partial charge in [-0.15, -0.1) is 0 Å². The highest BCUT2D eigenvalue weighted by atomic mass is 16.1. The number of nitrogens with zero attached hydrogens (tertiary/aromatic N) is 1. The van der Waals surface area contributed by atoms with Crippen LogP contribution in [0.15, 0.2) is 47.5 Å². The molecule has 4 nitrogen and oxygen atoms in total. The van der Waals surface area contributed by atoms with E-state index in [0.717, 1.165) is 5.56 Å². The van der Waals surface area contributed by atoms with Crippen molar-refractivity contribution < 1.29 is 0 Å². The van der Waals surface area contributed by atoms with Gasteiger partial charge in [0.15, 0.2) is 0 Å². The van der Waals surface area contributed by atoms with Gasteiger partial charge in [-0.05, 0) is 12.0 Å². The number of benzene rings is 1. The number of nitrogens with one attached hydrogen (secondary N) is 1. The SMILES string of the molecule is NC(Cc1ccccc1)c1cc(=O)[nH]cn1. The lowest BCUT2D eigenvalue weighted by Gasteiger charge is -2.10. The molecule has 1 aromatic heterocycles. The van der Waals surface area contributed by atoms with Crippen molar-refractivity contribution in [3.05, 3.63) is 64.3 Å². The third kappa shape index (κ3) is 2.55. The number of rotatable bonds is 3. The van der Waals surface area contributed by atoms with Crippen LogP contribution >= 0.6 is 0 Å². The molecule has 1 aromatic carbocycles. The van der Waals surface area contributed by atoms with E-state index in [1.165, 1.54) is 12.4 Å². The summed E-state index contributed by atoms with van der Waals surface area (Å²) in [7, 11) is 0. The predicted molar refractivity (Wildman–Crippen MR) is 61.9 cm³/mol. The topological polar surface area (TPSA) is 71.8 Å². The third-order valence-corrected chi connectivity index (χ3v) is 2.38. The molecule has 0 saturated carbocycles. The maximum Gasteiger partial charge on any atom is 0.250 e. The second kappa shape index (κ2) is 4.72. The van der Waals surface area contributed by atoms with Crippen molar-refractivity contribution in [2.75, 3.05) is 0 Å². The lowest BCUT2D eigenvalue weighted by molar-refractivity contribution is 0.691. The minimum atomic E-state index is -0.246.